The molecule has 0 heterocycles. The van der Waals surface area contributed by atoms with Crippen molar-refractivity contribution in [3.63, 3.8) is 0 Å². The van der Waals surface area contributed by atoms with Gasteiger partial charge in [-0.3, -0.25) is 4.79 Å². The summed E-state index contributed by atoms with van der Waals surface area (Å²) in [6.45, 7) is 7.76. The highest BCUT2D eigenvalue weighted by atomic mass is 16.3. The Hall–Kier alpha value is -0.630. The minimum atomic E-state index is -0.532. The Morgan fingerprint density at radius 3 is 2.23 bits per heavy atom. The second-order valence-electron chi connectivity index (χ2n) is 4.03. The van der Waals surface area contributed by atoms with E-state index >= 15 is 0 Å². The van der Waals surface area contributed by atoms with Gasteiger partial charge in [-0.2, -0.15) is 0 Å². The summed E-state index contributed by atoms with van der Waals surface area (Å²) in [5.41, 5.74) is 0. The van der Waals surface area contributed by atoms with E-state index in [-0.39, 0.29) is 11.7 Å². The topological polar surface area (TPSA) is 37.3 Å². The zero-order valence-corrected chi connectivity index (χ0v) is 8.95. The van der Waals surface area contributed by atoms with Crippen molar-refractivity contribution in [3.8, 4) is 0 Å². The van der Waals surface area contributed by atoms with Crippen LogP contribution in [0.15, 0.2) is 12.2 Å². The summed E-state index contributed by atoms with van der Waals surface area (Å²) in [4.78, 5) is 11.4. The highest BCUT2D eigenvalue weighted by Crippen LogP contribution is 2.12. The van der Waals surface area contributed by atoms with E-state index in [0.29, 0.717) is 5.92 Å². The summed E-state index contributed by atoms with van der Waals surface area (Å²) in [7, 11) is 0. The molecule has 0 aromatic carbocycles. The smallest absolute Gasteiger partial charge is 0.158 e. The van der Waals surface area contributed by atoms with Crippen LogP contribution < -0.4 is 0 Å². The van der Waals surface area contributed by atoms with E-state index in [1.54, 1.807) is 6.92 Å². The molecule has 1 N–H and O–H groups in total. The molecule has 0 fully saturated rings. The molecule has 0 radical (unpaired) electrons. The average Bonchev–Trinajstić information content (AvgIpc) is 1.98. The number of carbonyl (C=O) groups is 1. The number of rotatable bonds is 5. The van der Waals surface area contributed by atoms with Crippen LogP contribution >= 0.6 is 0 Å². The average molecular weight is 184 g/mol. The van der Waals surface area contributed by atoms with Crippen LogP contribution in [0.2, 0.25) is 0 Å². The van der Waals surface area contributed by atoms with Gasteiger partial charge in [-0.1, -0.05) is 26.8 Å². The number of allylic oxidation sites excluding steroid dienone is 1. The van der Waals surface area contributed by atoms with E-state index in [2.05, 4.69) is 13.8 Å². The number of aliphatic hydroxyl groups is 1. The molecule has 0 bridgehead atoms. The van der Waals surface area contributed by atoms with Gasteiger partial charge in [0.15, 0.2) is 5.78 Å². The second kappa shape index (κ2) is 5.92. The molecule has 0 saturated carbocycles. The van der Waals surface area contributed by atoms with E-state index < -0.39 is 6.10 Å². The molecular formula is C11H20O2. The fourth-order valence-corrected chi connectivity index (χ4v) is 1.22. The molecule has 13 heavy (non-hydrogen) atoms. The van der Waals surface area contributed by atoms with Crippen molar-refractivity contribution < 1.29 is 9.90 Å². The largest absolute Gasteiger partial charge is 0.389 e. The van der Waals surface area contributed by atoms with Gasteiger partial charge in [0.25, 0.3) is 0 Å². The number of hydrogen-bond acceptors (Lipinski definition) is 2. The number of ketones is 1. The van der Waals surface area contributed by atoms with Gasteiger partial charge in [0, 0.05) is 5.92 Å². The van der Waals surface area contributed by atoms with E-state index in [9.17, 15) is 4.79 Å². The molecule has 2 nitrogen and oxygen atoms in total. The molecule has 0 saturated heterocycles. The lowest BCUT2D eigenvalue weighted by Gasteiger charge is -2.10. The molecule has 0 rings (SSSR count). The SMILES string of the molecule is CC(O)/C=C/C(=O)C(C)CC(C)C. The minimum absolute atomic E-state index is 0.0648. The first-order chi connectivity index (χ1) is 5.93. The lowest BCUT2D eigenvalue weighted by atomic mass is 9.95. The highest BCUT2D eigenvalue weighted by Gasteiger charge is 2.11. The molecule has 76 valence electrons. The van der Waals surface area contributed by atoms with Crippen LogP contribution in [0.4, 0.5) is 0 Å². The van der Waals surface area contributed by atoms with Crippen LogP contribution in [0.3, 0.4) is 0 Å². The zero-order chi connectivity index (χ0) is 10.4. The van der Waals surface area contributed by atoms with Gasteiger partial charge in [0.1, 0.15) is 0 Å². The standard InChI is InChI=1S/C11H20O2/c1-8(2)7-9(3)11(13)6-5-10(4)12/h5-6,8-10,12H,7H2,1-4H3/b6-5+. The molecule has 2 atom stereocenters. The van der Waals surface area contributed by atoms with E-state index in [1.807, 2.05) is 6.92 Å². The van der Waals surface area contributed by atoms with Crippen molar-refractivity contribution >= 4 is 5.78 Å². The molecule has 2 unspecified atom stereocenters. The summed E-state index contributed by atoms with van der Waals surface area (Å²) in [6, 6.07) is 0. The number of aliphatic hydroxyl groups excluding tert-OH is 1. The van der Waals surface area contributed by atoms with Crippen molar-refractivity contribution in [1.29, 1.82) is 0 Å². The van der Waals surface area contributed by atoms with Crippen molar-refractivity contribution in [3.05, 3.63) is 12.2 Å². The second-order valence-corrected chi connectivity index (χ2v) is 4.03. The summed E-state index contributed by atoms with van der Waals surface area (Å²) < 4.78 is 0. The molecule has 0 aliphatic heterocycles. The third-order valence-corrected chi connectivity index (χ3v) is 1.85. The quantitative estimate of drug-likeness (QED) is 0.665. The molecule has 0 aliphatic carbocycles. The number of carbonyl (C=O) groups excluding carboxylic acids is 1. The van der Waals surface area contributed by atoms with Gasteiger partial charge in [-0.05, 0) is 25.3 Å². The fraction of sp³-hybridized carbons (Fsp3) is 0.727. The maximum Gasteiger partial charge on any atom is 0.158 e. The molecule has 0 aliphatic rings. The van der Waals surface area contributed by atoms with Crippen molar-refractivity contribution in [2.45, 2.75) is 40.2 Å². The highest BCUT2D eigenvalue weighted by molar-refractivity contribution is 5.91. The Morgan fingerprint density at radius 2 is 1.85 bits per heavy atom. The minimum Gasteiger partial charge on any atom is -0.389 e. The lowest BCUT2D eigenvalue weighted by molar-refractivity contribution is -0.118. The third-order valence-electron chi connectivity index (χ3n) is 1.85. The molecule has 0 amide bonds. The van der Waals surface area contributed by atoms with Crippen LogP contribution in [0.5, 0.6) is 0 Å². The maximum atomic E-state index is 11.4. The fourth-order valence-electron chi connectivity index (χ4n) is 1.22. The predicted molar refractivity (Wildman–Crippen MR) is 54.4 cm³/mol. The number of hydrogen-bond donors (Lipinski definition) is 1. The monoisotopic (exact) mass is 184 g/mol. The summed E-state index contributed by atoms with van der Waals surface area (Å²) in [6.07, 6.45) is 3.38. The summed E-state index contributed by atoms with van der Waals surface area (Å²) in [5.74, 6) is 0.712. The van der Waals surface area contributed by atoms with Crippen LogP contribution in [0.25, 0.3) is 0 Å². The summed E-state index contributed by atoms with van der Waals surface area (Å²) >= 11 is 0. The Morgan fingerprint density at radius 1 is 1.31 bits per heavy atom. The van der Waals surface area contributed by atoms with E-state index in [4.69, 9.17) is 5.11 Å². The summed E-state index contributed by atoms with van der Waals surface area (Å²) in [5, 5.41) is 8.93. The lowest BCUT2D eigenvalue weighted by Crippen LogP contribution is -2.11. The Labute approximate surface area is 80.7 Å². The van der Waals surface area contributed by atoms with Gasteiger partial charge >= 0.3 is 0 Å². The normalized spacial score (nSPS) is 16.5. The molecule has 2 heteroatoms. The first-order valence-corrected chi connectivity index (χ1v) is 4.83. The maximum absolute atomic E-state index is 11.4. The van der Waals surface area contributed by atoms with Crippen LogP contribution in [0.1, 0.15) is 34.1 Å². The Kier molecular flexibility index (Phi) is 5.63. The first kappa shape index (κ1) is 12.4. The molecular weight excluding hydrogens is 164 g/mol. The van der Waals surface area contributed by atoms with Gasteiger partial charge in [0.2, 0.25) is 0 Å². The van der Waals surface area contributed by atoms with E-state index in [0.717, 1.165) is 6.42 Å². The predicted octanol–water partition coefficient (Wildman–Crippen LogP) is 2.17. The van der Waals surface area contributed by atoms with Gasteiger partial charge < -0.3 is 5.11 Å². The third kappa shape index (κ3) is 6.52. The van der Waals surface area contributed by atoms with Crippen LogP contribution in [0, 0.1) is 11.8 Å². The van der Waals surface area contributed by atoms with Gasteiger partial charge in [-0.25, -0.2) is 0 Å². The van der Waals surface area contributed by atoms with Crippen molar-refractivity contribution in [1.82, 2.24) is 0 Å². The van der Waals surface area contributed by atoms with Gasteiger partial charge in [-0.15, -0.1) is 0 Å². The molecule has 0 aromatic rings. The molecule has 0 aromatic heterocycles. The van der Waals surface area contributed by atoms with E-state index in [1.165, 1.54) is 12.2 Å². The first-order valence-electron chi connectivity index (χ1n) is 4.83. The van der Waals surface area contributed by atoms with Crippen molar-refractivity contribution in [2.75, 3.05) is 0 Å². The van der Waals surface area contributed by atoms with Crippen LogP contribution in [-0.4, -0.2) is 17.0 Å². The van der Waals surface area contributed by atoms with Gasteiger partial charge in [0.05, 0.1) is 6.10 Å². The van der Waals surface area contributed by atoms with Crippen molar-refractivity contribution in [2.24, 2.45) is 11.8 Å². The zero-order valence-electron chi connectivity index (χ0n) is 8.95. The van der Waals surface area contributed by atoms with Crippen LogP contribution in [-0.2, 0) is 4.79 Å². The Bertz CT molecular complexity index is 181. The Balaban J connectivity index is 3.96. The molecule has 0 spiro atoms.